The highest BCUT2D eigenvalue weighted by Crippen LogP contribution is 2.38. The largest absolute Gasteiger partial charge is 0.507 e. The molecule has 0 bridgehead atoms. The van der Waals surface area contributed by atoms with Crippen LogP contribution in [0.5, 0.6) is 5.75 Å². The zero-order chi connectivity index (χ0) is 26.8. The standard InChI is InChI=1S/C29H43N3O.C2H2/c1-10-12-13-23-14-15-25(27(33)24(23)11-2)20(3)17-26(31-30-9)21(4)16-22-18-28(5,6)32-29(7,8)19-22;1-2/h10,12-15,17,22,32-33H,1,11,16,18-19H2,2-9H3;1-2H/b13-12-,20-17+,26-21-,31-30?;. The molecule has 1 aliphatic heterocycles. The first-order valence-corrected chi connectivity index (χ1v) is 12.4. The number of phenols is 1. The maximum atomic E-state index is 11.0. The number of azo groups is 1. The Bertz CT molecular complexity index is 1000. The van der Waals surface area contributed by atoms with Gasteiger partial charge < -0.3 is 10.4 Å². The average molecular weight is 476 g/mol. The lowest BCUT2D eigenvalue weighted by molar-refractivity contribution is 0.128. The Balaban J connectivity index is 0.00000298. The molecule has 0 amide bonds. The Labute approximate surface area is 214 Å². The second-order valence-electron chi connectivity index (χ2n) is 10.6. The van der Waals surface area contributed by atoms with Gasteiger partial charge in [0.2, 0.25) is 0 Å². The van der Waals surface area contributed by atoms with E-state index in [1.165, 1.54) is 5.57 Å². The van der Waals surface area contributed by atoms with Gasteiger partial charge in [0.05, 0.1) is 5.70 Å². The van der Waals surface area contributed by atoms with Crippen LogP contribution < -0.4 is 5.32 Å². The molecule has 0 unspecified atom stereocenters. The summed E-state index contributed by atoms with van der Waals surface area (Å²) in [6, 6.07) is 4.04. The van der Waals surface area contributed by atoms with Crippen molar-refractivity contribution in [2.24, 2.45) is 16.1 Å². The predicted octanol–water partition coefficient (Wildman–Crippen LogP) is 8.11. The van der Waals surface area contributed by atoms with Gasteiger partial charge in [-0.15, -0.1) is 12.8 Å². The highest BCUT2D eigenvalue weighted by Gasteiger charge is 2.37. The number of piperidine rings is 1. The number of hydrogen-bond donors (Lipinski definition) is 2. The summed E-state index contributed by atoms with van der Waals surface area (Å²) < 4.78 is 0. The molecule has 0 atom stereocenters. The smallest absolute Gasteiger partial charge is 0.126 e. The molecule has 0 spiro atoms. The minimum atomic E-state index is 0.120. The molecule has 2 rings (SSSR count). The molecule has 4 heteroatoms. The molecule has 1 aromatic rings. The molecule has 0 aliphatic carbocycles. The van der Waals surface area contributed by atoms with Crippen LogP contribution in [0.4, 0.5) is 0 Å². The molecule has 2 N–H and O–H groups in total. The maximum Gasteiger partial charge on any atom is 0.126 e. The third kappa shape index (κ3) is 8.67. The third-order valence-electron chi connectivity index (χ3n) is 6.38. The fourth-order valence-electron chi connectivity index (χ4n) is 5.51. The van der Waals surface area contributed by atoms with Crippen LogP contribution in [0.25, 0.3) is 11.6 Å². The van der Waals surface area contributed by atoms with Crippen molar-refractivity contribution in [3.8, 4) is 18.6 Å². The van der Waals surface area contributed by atoms with Crippen LogP contribution in [0.2, 0.25) is 0 Å². The molecule has 1 aliphatic rings. The second-order valence-corrected chi connectivity index (χ2v) is 10.6. The Kier molecular flexibility index (Phi) is 11.4. The fraction of sp³-hybridized carbons (Fsp3) is 0.484. The Morgan fingerprint density at radius 1 is 1.17 bits per heavy atom. The summed E-state index contributed by atoms with van der Waals surface area (Å²) in [5.41, 5.74) is 6.14. The van der Waals surface area contributed by atoms with Gasteiger partial charge in [-0.1, -0.05) is 43.9 Å². The summed E-state index contributed by atoms with van der Waals surface area (Å²) >= 11 is 0. The first-order chi connectivity index (χ1) is 16.4. The quantitative estimate of drug-likeness (QED) is 0.227. The number of nitrogens with zero attached hydrogens (tertiary/aromatic N) is 2. The van der Waals surface area contributed by atoms with Gasteiger partial charge in [0.25, 0.3) is 0 Å². The summed E-state index contributed by atoms with van der Waals surface area (Å²) in [5, 5.41) is 23.3. The molecule has 35 heavy (non-hydrogen) atoms. The lowest BCUT2D eigenvalue weighted by Gasteiger charge is -2.46. The molecule has 1 saturated heterocycles. The maximum absolute atomic E-state index is 11.0. The topological polar surface area (TPSA) is 57.0 Å². The molecule has 0 saturated carbocycles. The van der Waals surface area contributed by atoms with Crippen LogP contribution in [0.15, 0.2) is 58.4 Å². The van der Waals surface area contributed by atoms with Gasteiger partial charge in [-0.25, -0.2) is 0 Å². The number of nitrogens with one attached hydrogen (secondary N) is 1. The van der Waals surface area contributed by atoms with Gasteiger partial charge in [0, 0.05) is 29.3 Å². The predicted molar refractivity (Wildman–Crippen MR) is 152 cm³/mol. The van der Waals surface area contributed by atoms with Crippen molar-refractivity contribution in [2.45, 2.75) is 85.2 Å². The average Bonchev–Trinajstić information content (AvgIpc) is 2.76. The Morgan fingerprint density at radius 3 is 2.29 bits per heavy atom. The molecule has 190 valence electrons. The van der Waals surface area contributed by atoms with Crippen molar-refractivity contribution in [1.82, 2.24) is 5.32 Å². The lowest BCUT2D eigenvalue weighted by atomic mass is 9.73. The zero-order valence-corrected chi connectivity index (χ0v) is 23.1. The Morgan fingerprint density at radius 2 is 1.77 bits per heavy atom. The molecular formula is C31H45N3O. The van der Waals surface area contributed by atoms with Crippen LogP contribution in [0, 0.1) is 18.8 Å². The Hall–Kier alpha value is -2.90. The van der Waals surface area contributed by atoms with Crippen molar-refractivity contribution < 1.29 is 5.11 Å². The number of terminal acetylenes is 1. The molecule has 0 radical (unpaired) electrons. The first-order valence-electron chi connectivity index (χ1n) is 12.4. The van der Waals surface area contributed by atoms with E-state index in [2.05, 4.69) is 88.7 Å². The van der Waals surface area contributed by atoms with Gasteiger partial charge >= 0.3 is 0 Å². The molecule has 1 fully saturated rings. The molecule has 1 heterocycles. The van der Waals surface area contributed by atoms with Crippen LogP contribution in [-0.2, 0) is 6.42 Å². The SMILES string of the molecule is C#C.C=C/C=C\c1ccc(/C(C)=C/C(N=NC)=C(\C)CC2CC(C)(C)NC(C)(C)C2)c(O)c1CC. The van der Waals surface area contributed by atoms with E-state index >= 15 is 0 Å². The van der Waals surface area contributed by atoms with Gasteiger partial charge in [-0.3, -0.25) is 0 Å². The number of rotatable bonds is 8. The van der Waals surface area contributed by atoms with Gasteiger partial charge in [-0.2, -0.15) is 10.2 Å². The first kappa shape index (κ1) is 30.1. The minimum absolute atomic E-state index is 0.120. The van der Waals surface area contributed by atoms with E-state index in [1.54, 1.807) is 13.1 Å². The van der Waals surface area contributed by atoms with Gasteiger partial charge in [0.1, 0.15) is 5.75 Å². The van der Waals surface area contributed by atoms with Crippen molar-refractivity contribution in [2.75, 3.05) is 7.05 Å². The monoisotopic (exact) mass is 475 g/mol. The second kappa shape index (κ2) is 13.3. The normalized spacial score (nSPS) is 18.7. The van der Waals surface area contributed by atoms with E-state index < -0.39 is 0 Å². The van der Waals surface area contributed by atoms with Crippen molar-refractivity contribution in [3.63, 3.8) is 0 Å². The minimum Gasteiger partial charge on any atom is -0.507 e. The number of phenolic OH excluding ortho intramolecular Hbond substituents is 1. The number of benzene rings is 1. The van der Waals surface area contributed by atoms with E-state index in [9.17, 15) is 5.11 Å². The lowest BCUT2D eigenvalue weighted by Crippen LogP contribution is -2.57. The van der Waals surface area contributed by atoms with Crippen LogP contribution >= 0.6 is 0 Å². The van der Waals surface area contributed by atoms with E-state index in [0.29, 0.717) is 11.7 Å². The molecule has 4 nitrogen and oxygen atoms in total. The molecule has 1 aromatic carbocycles. The van der Waals surface area contributed by atoms with E-state index in [-0.39, 0.29) is 11.1 Å². The van der Waals surface area contributed by atoms with Crippen molar-refractivity contribution >= 4 is 11.6 Å². The number of allylic oxidation sites excluding steroid dienone is 5. The number of aromatic hydroxyl groups is 1. The summed E-state index contributed by atoms with van der Waals surface area (Å²) in [5.74, 6) is 0.924. The van der Waals surface area contributed by atoms with Gasteiger partial charge in [-0.05, 0) is 95.9 Å². The summed E-state index contributed by atoms with van der Waals surface area (Å²) in [6.07, 6.45) is 19.7. The van der Waals surface area contributed by atoms with E-state index in [0.717, 1.165) is 53.6 Å². The molecule has 0 aromatic heterocycles. The molecular weight excluding hydrogens is 430 g/mol. The van der Waals surface area contributed by atoms with E-state index in [1.807, 2.05) is 25.1 Å². The van der Waals surface area contributed by atoms with E-state index in [4.69, 9.17) is 0 Å². The third-order valence-corrected chi connectivity index (χ3v) is 6.38. The van der Waals surface area contributed by atoms with Crippen LogP contribution in [0.1, 0.15) is 84.4 Å². The van der Waals surface area contributed by atoms with Gasteiger partial charge in [0.15, 0.2) is 0 Å². The van der Waals surface area contributed by atoms with Crippen molar-refractivity contribution in [1.29, 1.82) is 0 Å². The highest BCUT2D eigenvalue weighted by molar-refractivity contribution is 5.75. The number of hydrogen-bond acceptors (Lipinski definition) is 4. The van der Waals surface area contributed by atoms with Crippen molar-refractivity contribution in [3.05, 3.63) is 64.9 Å². The summed E-state index contributed by atoms with van der Waals surface area (Å²) in [6.45, 7) is 19.2. The fourth-order valence-corrected chi connectivity index (χ4v) is 5.51. The van der Waals surface area contributed by atoms with Crippen LogP contribution in [-0.4, -0.2) is 23.2 Å². The highest BCUT2D eigenvalue weighted by atomic mass is 16.3. The summed E-state index contributed by atoms with van der Waals surface area (Å²) in [4.78, 5) is 0. The zero-order valence-electron chi connectivity index (χ0n) is 23.1. The summed E-state index contributed by atoms with van der Waals surface area (Å²) in [7, 11) is 1.71. The van der Waals surface area contributed by atoms with Crippen LogP contribution in [0.3, 0.4) is 0 Å².